The number of fused-ring (bicyclic) bond motifs is 1. The minimum Gasteiger partial charge on any atom is -0.343 e. The smallest absolute Gasteiger partial charge is 0.185 e. The van der Waals surface area contributed by atoms with Gasteiger partial charge >= 0.3 is 0 Å². The Kier molecular flexibility index (Phi) is 2.90. The summed E-state index contributed by atoms with van der Waals surface area (Å²) in [7, 11) is 0. The quantitative estimate of drug-likeness (QED) is 0.908. The van der Waals surface area contributed by atoms with Crippen LogP contribution in [-0.2, 0) is 13.0 Å². The molecule has 0 radical (unpaired) electrons. The molecule has 1 aliphatic rings. The Morgan fingerprint density at radius 2 is 2.35 bits per heavy atom. The van der Waals surface area contributed by atoms with E-state index in [9.17, 15) is 0 Å². The summed E-state index contributed by atoms with van der Waals surface area (Å²) in [5.41, 5.74) is 8.30. The van der Waals surface area contributed by atoms with Gasteiger partial charge in [0.15, 0.2) is 5.13 Å². The molecule has 17 heavy (non-hydrogen) atoms. The molecular weight excluding hydrogens is 250 g/mol. The molecular formula is C12H15N3S2. The zero-order chi connectivity index (χ0) is 11.8. The topological polar surface area (TPSA) is 42.1 Å². The maximum absolute atomic E-state index is 5.84. The van der Waals surface area contributed by atoms with Crippen LogP contribution < -0.4 is 10.6 Å². The summed E-state index contributed by atoms with van der Waals surface area (Å²) in [6.45, 7) is 4.04. The molecule has 0 spiro atoms. The number of thiazole rings is 1. The molecule has 0 bridgehead atoms. The number of hydrogen-bond donors (Lipinski definition) is 1. The molecule has 2 aromatic heterocycles. The van der Waals surface area contributed by atoms with E-state index in [1.807, 2.05) is 18.3 Å². The first-order chi connectivity index (χ1) is 8.24. The van der Waals surface area contributed by atoms with Gasteiger partial charge in [-0.05, 0) is 30.4 Å². The lowest BCUT2D eigenvalue weighted by Gasteiger charge is -2.26. The fraction of sp³-hybridized carbons (Fsp3) is 0.417. The maximum atomic E-state index is 5.84. The van der Waals surface area contributed by atoms with E-state index in [4.69, 9.17) is 5.73 Å². The Labute approximate surface area is 109 Å². The molecule has 0 aliphatic carbocycles. The Morgan fingerprint density at radius 3 is 3.12 bits per heavy atom. The van der Waals surface area contributed by atoms with Crippen molar-refractivity contribution in [1.82, 2.24) is 4.98 Å². The van der Waals surface area contributed by atoms with Crippen LogP contribution in [0.25, 0.3) is 0 Å². The number of nitrogens with zero attached hydrogens (tertiary/aromatic N) is 2. The molecule has 5 heteroatoms. The van der Waals surface area contributed by atoms with Gasteiger partial charge in [-0.15, -0.1) is 22.7 Å². The van der Waals surface area contributed by atoms with Crippen LogP contribution in [0.1, 0.15) is 29.1 Å². The average molecular weight is 265 g/mol. The van der Waals surface area contributed by atoms with Crippen molar-refractivity contribution in [3.05, 3.63) is 33.0 Å². The van der Waals surface area contributed by atoms with Gasteiger partial charge < -0.3 is 10.6 Å². The minimum atomic E-state index is 0.0292. The molecule has 2 aromatic rings. The van der Waals surface area contributed by atoms with Gasteiger partial charge in [-0.1, -0.05) is 0 Å². The Morgan fingerprint density at radius 1 is 1.47 bits per heavy atom. The van der Waals surface area contributed by atoms with Crippen LogP contribution in [0.2, 0.25) is 0 Å². The van der Waals surface area contributed by atoms with Crippen LogP contribution >= 0.6 is 22.7 Å². The van der Waals surface area contributed by atoms with E-state index >= 15 is 0 Å². The van der Waals surface area contributed by atoms with Crippen molar-refractivity contribution in [3.63, 3.8) is 0 Å². The molecule has 1 atom stereocenters. The molecule has 0 saturated carbocycles. The number of nitrogens with two attached hydrogens (primary N) is 1. The predicted molar refractivity (Wildman–Crippen MR) is 73.8 cm³/mol. The van der Waals surface area contributed by atoms with E-state index in [0.717, 1.165) is 30.3 Å². The van der Waals surface area contributed by atoms with Crippen molar-refractivity contribution in [3.8, 4) is 0 Å². The fourth-order valence-electron chi connectivity index (χ4n) is 2.04. The number of hydrogen-bond acceptors (Lipinski definition) is 5. The SMILES string of the molecule is CC(N)c1csc(N2CCc3sccc3C2)n1. The van der Waals surface area contributed by atoms with Crippen LogP contribution in [0.5, 0.6) is 0 Å². The molecule has 3 heterocycles. The Balaban J connectivity index is 1.82. The zero-order valence-electron chi connectivity index (χ0n) is 9.72. The standard InChI is InChI=1S/C12H15N3S2/c1-8(13)10-7-17-12(14-10)15-4-2-11-9(6-15)3-5-16-11/h3,5,7-8H,2,4,6,13H2,1H3. The largest absolute Gasteiger partial charge is 0.343 e. The normalized spacial score (nSPS) is 16.9. The summed E-state index contributed by atoms with van der Waals surface area (Å²) in [4.78, 5) is 8.50. The third-order valence-corrected chi connectivity index (χ3v) is 5.00. The zero-order valence-corrected chi connectivity index (χ0v) is 11.4. The average Bonchev–Trinajstić information content (AvgIpc) is 2.97. The highest BCUT2D eigenvalue weighted by atomic mass is 32.1. The highest BCUT2D eigenvalue weighted by Gasteiger charge is 2.20. The van der Waals surface area contributed by atoms with E-state index in [0.29, 0.717) is 0 Å². The number of rotatable bonds is 2. The summed E-state index contributed by atoms with van der Waals surface area (Å²) in [6.07, 6.45) is 1.14. The van der Waals surface area contributed by atoms with Crippen LogP contribution in [0.4, 0.5) is 5.13 Å². The van der Waals surface area contributed by atoms with Crippen molar-refractivity contribution in [2.75, 3.05) is 11.4 Å². The number of anilines is 1. The van der Waals surface area contributed by atoms with Crippen molar-refractivity contribution >= 4 is 27.8 Å². The van der Waals surface area contributed by atoms with Gasteiger partial charge in [-0.25, -0.2) is 4.98 Å². The molecule has 0 fully saturated rings. The monoisotopic (exact) mass is 265 g/mol. The van der Waals surface area contributed by atoms with Crippen LogP contribution in [0.15, 0.2) is 16.8 Å². The lowest BCUT2D eigenvalue weighted by atomic mass is 10.1. The first kappa shape index (κ1) is 11.2. The van der Waals surface area contributed by atoms with Crippen LogP contribution in [0, 0.1) is 0 Å². The van der Waals surface area contributed by atoms with Crippen molar-refractivity contribution in [1.29, 1.82) is 0 Å². The molecule has 0 aromatic carbocycles. The second kappa shape index (κ2) is 4.40. The van der Waals surface area contributed by atoms with E-state index in [2.05, 4.69) is 26.7 Å². The van der Waals surface area contributed by atoms with Gasteiger partial charge in [0.2, 0.25) is 0 Å². The van der Waals surface area contributed by atoms with Crippen molar-refractivity contribution in [2.45, 2.75) is 25.9 Å². The maximum Gasteiger partial charge on any atom is 0.185 e. The number of thiophene rings is 1. The minimum absolute atomic E-state index is 0.0292. The Hall–Kier alpha value is -0.910. The van der Waals surface area contributed by atoms with E-state index in [1.54, 1.807) is 11.3 Å². The van der Waals surface area contributed by atoms with Gasteiger partial charge in [0.1, 0.15) is 0 Å². The molecule has 90 valence electrons. The van der Waals surface area contributed by atoms with E-state index < -0.39 is 0 Å². The van der Waals surface area contributed by atoms with Crippen LogP contribution in [0.3, 0.4) is 0 Å². The van der Waals surface area contributed by atoms with Gasteiger partial charge in [0, 0.05) is 29.4 Å². The second-order valence-electron chi connectivity index (χ2n) is 4.38. The summed E-state index contributed by atoms with van der Waals surface area (Å²) in [5, 5.41) is 5.36. The fourth-order valence-corrected chi connectivity index (χ4v) is 3.89. The van der Waals surface area contributed by atoms with Crippen molar-refractivity contribution < 1.29 is 0 Å². The highest BCUT2D eigenvalue weighted by molar-refractivity contribution is 7.13. The summed E-state index contributed by atoms with van der Waals surface area (Å²) < 4.78 is 0. The molecule has 1 aliphatic heterocycles. The van der Waals surface area contributed by atoms with Crippen molar-refractivity contribution in [2.24, 2.45) is 5.73 Å². The van der Waals surface area contributed by atoms with Gasteiger partial charge in [-0.3, -0.25) is 0 Å². The number of aromatic nitrogens is 1. The lowest BCUT2D eigenvalue weighted by molar-refractivity contribution is 0.729. The highest BCUT2D eigenvalue weighted by Crippen LogP contribution is 2.30. The van der Waals surface area contributed by atoms with Crippen LogP contribution in [-0.4, -0.2) is 11.5 Å². The molecule has 3 nitrogen and oxygen atoms in total. The molecule has 3 rings (SSSR count). The lowest BCUT2D eigenvalue weighted by Crippen LogP contribution is -2.29. The third-order valence-electron chi connectivity index (χ3n) is 3.05. The molecule has 1 unspecified atom stereocenters. The summed E-state index contributed by atoms with van der Waals surface area (Å²) in [6, 6.07) is 2.26. The first-order valence-electron chi connectivity index (χ1n) is 5.75. The van der Waals surface area contributed by atoms with E-state index in [1.165, 1.54) is 10.4 Å². The van der Waals surface area contributed by atoms with Gasteiger partial charge in [-0.2, -0.15) is 0 Å². The first-order valence-corrected chi connectivity index (χ1v) is 7.51. The molecule has 0 saturated heterocycles. The third kappa shape index (κ3) is 2.10. The summed E-state index contributed by atoms with van der Waals surface area (Å²) >= 11 is 3.57. The molecule has 0 amide bonds. The molecule has 2 N–H and O–H groups in total. The predicted octanol–water partition coefficient (Wildman–Crippen LogP) is 2.79. The summed E-state index contributed by atoms with van der Waals surface area (Å²) in [5.74, 6) is 0. The van der Waals surface area contributed by atoms with E-state index in [-0.39, 0.29) is 6.04 Å². The Bertz CT molecular complexity index is 515. The second-order valence-corrected chi connectivity index (χ2v) is 6.22. The van der Waals surface area contributed by atoms with Gasteiger partial charge in [0.25, 0.3) is 0 Å². The van der Waals surface area contributed by atoms with Gasteiger partial charge in [0.05, 0.1) is 5.69 Å².